The number of nitrogens with zero attached hydrogens (tertiary/aromatic N) is 2. The number of likely N-dealkylation sites (N-methyl/N-ethyl adjacent to an activating group) is 1. The fraction of sp³-hybridized carbons (Fsp3) is 0.647. The first-order chi connectivity index (χ1) is 10.2. The van der Waals surface area contributed by atoms with E-state index in [0.29, 0.717) is 6.04 Å². The van der Waals surface area contributed by atoms with Gasteiger partial charge in [0.25, 0.3) is 0 Å². The quantitative estimate of drug-likeness (QED) is 0.828. The maximum Gasteiger partial charge on any atom is 0.0628 e. The van der Waals surface area contributed by atoms with Gasteiger partial charge in [-0.25, -0.2) is 0 Å². The molecule has 0 bridgehead atoms. The standard InChI is InChI=1S/C17H29N3O/c1-4-18-16(14-21-3)13-19-8-10-20(11-9-19)17-7-5-6-15(2)12-17/h5-7,12,16,18H,4,8-11,13-14H2,1-3H3. The van der Waals surface area contributed by atoms with E-state index in [2.05, 4.69) is 53.2 Å². The molecule has 1 N–H and O–H groups in total. The summed E-state index contributed by atoms with van der Waals surface area (Å²) in [6.45, 7) is 11.6. The van der Waals surface area contributed by atoms with Gasteiger partial charge in [0.2, 0.25) is 0 Å². The van der Waals surface area contributed by atoms with Gasteiger partial charge in [0.05, 0.1) is 6.61 Å². The summed E-state index contributed by atoms with van der Waals surface area (Å²) in [6, 6.07) is 9.24. The summed E-state index contributed by atoms with van der Waals surface area (Å²) in [5.74, 6) is 0. The monoisotopic (exact) mass is 291 g/mol. The Bertz CT molecular complexity index is 410. The summed E-state index contributed by atoms with van der Waals surface area (Å²) >= 11 is 0. The van der Waals surface area contributed by atoms with E-state index in [1.165, 1.54) is 11.3 Å². The SMILES string of the molecule is CCNC(COC)CN1CCN(c2cccc(C)c2)CC1. The van der Waals surface area contributed by atoms with Crippen LogP contribution in [-0.4, -0.2) is 63.9 Å². The summed E-state index contributed by atoms with van der Waals surface area (Å²) in [7, 11) is 1.78. The number of piperazine rings is 1. The highest BCUT2D eigenvalue weighted by atomic mass is 16.5. The van der Waals surface area contributed by atoms with Crippen LogP contribution in [0.15, 0.2) is 24.3 Å². The van der Waals surface area contributed by atoms with Gasteiger partial charge in [-0.15, -0.1) is 0 Å². The highest BCUT2D eigenvalue weighted by Crippen LogP contribution is 2.17. The van der Waals surface area contributed by atoms with Crippen LogP contribution in [0.2, 0.25) is 0 Å². The molecule has 0 spiro atoms. The van der Waals surface area contributed by atoms with Gasteiger partial charge < -0.3 is 15.0 Å². The van der Waals surface area contributed by atoms with Crippen LogP contribution in [0.4, 0.5) is 5.69 Å². The number of methoxy groups -OCH3 is 1. The maximum atomic E-state index is 5.30. The highest BCUT2D eigenvalue weighted by Gasteiger charge is 2.20. The minimum Gasteiger partial charge on any atom is -0.383 e. The van der Waals surface area contributed by atoms with Crippen molar-refractivity contribution in [1.29, 1.82) is 0 Å². The fourth-order valence-corrected chi connectivity index (χ4v) is 2.99. The molecule has 1 aromatic rings. The molecular formula is C17H29N3O. The lowest BCUT2D eigenvalue weighted by Gasteiger charge is -2.37. The predicted molar refractivity (Wildman–Crippen MR) is 89.2 cm³/mol. The van der Waals surface area contributed by atoms with Crippen molar-refractivity contribution in [2.45, 2.75) is 19.9 Å². The van der Waals surface area contributed by atoms with Crippen LogP contribution in [-0.2, 0) is 4.74 Å². The molecule has 4 nitrogen and oxygen atoms in total. The number of ether oxygens (including phenoxy) is 1. The Kier molecular flexibility index (Phi) is 6.49. The molecule has 21 heavy (non-hydrogen) atoms. The van der Waals surface area contributed by atoms with Gasteiger partial charge in [-0.1, -0.05) is 19.1 Å². The normalized spacial score (nSPS) is 18.0. The Morgan fingerprint density at radius 3 is 2.62 bits per heavy atom. The second kappa shape index (κ2) is 8.37. The van der Waals surface area contributed by atoms with Crippen LogP contribution in [0.3, 0.4) is 0 Å². The molecule has 1 atom stereocenters. The zero-order chi connectivity index (χ0) is 15.1. The van der Waals surface area contributed by atoms with Gasteiger partial charge in [-0.3, -0.25) is 4.90 Å². The third kappa shape index (κ3) is 4.99. The van der Waals surface area contributed by atoms with Crippen LogP contribution in [0, 0.1) is 6.92 Å². The molecule has 0 radical (unpaired) electrons. The van der Waals surface area contributed by atoms with Crippen LogP contribution in [0.5, 0.6) is 0 Å². The predicted octanol–water partition coefficient (Wildman–Crippen LogP) is 1.74. The van der Waals surface area contributed by atoms with Crippen molar-refractivity contribution in [3.05, 3.63) is 29.8 Å². The van der Waals surface area contributed by atoms with Gasteiger partial charge in [-0.2, -0.15) is 0 Å². The topological polar surface area (TPSA) is 27.7 Å². The molecule has 1 fully saturated rings. The summed E-state index contributed by atoms with van der Waals surface area (Å²) in [5, 5.41) is 3.50. The molecule has 1 heterocycles. The molecule has 0 amide bonds. The second-order valence-electron chi connectivity index (χ2n) is 5.84. The first-order valence-corrected chi connectivity index (χ1v) is 7.99. The average molecular weight is 291 g/mol. The van der Waals surface area contributed by atoms with Crippen molar-refractivity contribution >= 4 is 5.69 Å². The molecule has 1 unspecified atom stereocenters. The lowest BCUT2D eigenvalue weighted by atomic mass is 10.2. The molecule has 2 rings (SSSR count). The maximum absolute atomic E-state index is 5.30. The smallest absolute Gasteiger partial charge is 0.0628 e. The summed E-state index contributed by atoms with van der Waals surface area (Å²) in [4.78, 5) is 5.03. The molecule has 1 aliphatic heterocycles. The molecule has 0 aromatic heterocycles. The van der Waals surface area contributed by atoms with Crippen LogP contribution in [0.1, 0.15) is 12.5 Å². The van der Waals surface area contributed by atoms with Gasteiger partial charge >= 0.3 is 0 Å². The number of hydrogen-bond donors (Lipinski definition) is 1. The van der Waals surface area contributed by atoms with E-state index in [1.807, 2.05) is 0 Å². The van der Waals surface area contributed by atoms with E-state index in [-0.39, 0.29) is 0 Å². The zero-order valence-electron chi connectivity index (χ0n) is 13.6. The van der Waals surface area contributed by atoms with Crippen molar-refractivity contribution in [2.24, 2.45) is 0 Å². The van der Waals surface area contributed by atoms with Gasteiger partial charge in [-0.05, 0) is 31.2 Å². The lowest BCUT2D eigenvalue weighted by Crippen LogP contribution is -2.51. The van der Waals surface area contributed by atoms with Crippen molar-refractivity contribution < 1.29 is 4.74 Å². The zero-order valence-corrected chi connectivity index (χ0v) is 13.6. The molecule has 1 saturated heterocycles. The number of benzene rings is 1. The highest BCUT2D eigenvalue weighted by molar-refractivity contribution is 5.48. The van der Waals surface area contributed by atoms with E-state index >= 15 is 0 Å². The largest absolute Gasteiger partial charge is 0.383 e. The minimum atomic E-state index is 0.436. The van der Waals surface area contributed by atoms with E-state index < -0.39 is 0 Å². The molecule has 1 aromatic carbocycles. The van der Waals surface area contributed by atoms with Crippen LogP contribution in [0.25, 0.3) is 0 Å². The van der Waals surface area contributed by atoms with Crippen LogP contribution >= 0.6 is 0 Å². The molecule has 1 aliphatic rings. The Hall–Kier alpha value is -1.10. The third-order valence-electron chi connectivity index (χ3n) is 4.08. The summed E-state index contributed by atoms with van der Waals surface area (Å²) < 4.78 is 5.30. The van der Waals surface area contributed by atoms with E-state index in [4.69, 9.17) is 4.74 Å². The summed E-state index contributed by atoms with van der Waals surface area (Å²) in [6.07, 6.45) is 0. The second-order valence-corrected chi connectivity index (χ2v) is 5.84. The van der Waals surface area contributed by atoms with Crippen molar-refractivity contribution in [2.75, 3.05) is 57.9 Å². The Balaban J connectivity index is 1.82. The molecule has 0 aliphatic carbocycles. The summed E-state index contributed by atoms with van der Waals surface area (Å²) in [5.41, 5.74) is 2.69. The lowest BCUT2D eigenvalue weighted by molar-refractivity contribution is 0.136. The van der Waals surface area contributed by atoms with Gasteiger partial charge in [0, 0.05) is 51.6 Å². The van der Waals surface area contributed by atoms with E-state index in [0.717, 1.165) is 45.9 Å². The third-order valence-corrected chi connectivity index (χ3v) is 4.08. The van der Waals surface area contributed by atoms with Crippen molar-refractivity contribution in [1.82, 2.24) is 10.2 Å². The molecule has 0 saturated carbocycles. The molecule has 4 heteroatoms. The first-order valence-electron chi connectivity index (χ1n) is 7.99. The number of anilines is 1. The van der Waals surface area contributed by atoms with Crippen LogP contribution < -0.4 is 10.2 Å². The van der Waals surface area contributed by atoms with E-state index in [1.54, 1.807) is 7.11 Å². The Labute approximate surface area is 129 Å². The minimum absolute atomic E-state index is 0.436. The van der Waals surface area contributed by atoms with Crippen molar-refractivity contribution in [3.63, 3.8) is 0 Å². The average Bonchev–Trinajstić information content (AvgIpc) is 2.48. The van der Waals surface area contributed by atoms with Gasteiger partial charge in [0.15, 0.2) is 0 Å². The Morgan fingerprint density at radius 1 is 1.24 bits per heavy atom. The molecule has 118 valence electrons. The number of nitrogens with one attached hydrogen (secondary N) is 1. The Morgan fingerprint density at radius 2 is 2.00 bits per heavy atom. The van der Waals surface area contributed by atoms with E-state index in [9.17, 15) is 0 Å². The number of hydrogen-bond acceptors (Lipinski definition) is 4. The van der Waals surface area contributed by atoms with Gasteiger partial charge in [0.1, 0.15) is 0 Å². The van der Waals surface area contributed by atoms with Crippen molar-refractivity contribution in [3.8, 4) is 0 Å². The first kappa shape index (κ1) is 16.3. The number of aryl methyl sites for hydroxylation is 1. The fourth-order valence-electron chi connectivity index (χ4n) is 2.99. The molecular weight excluding hydrogens is 262 g/mol. The number of rotatable bonds is 7.